The van der Waals surface area contributed by atoms with E-state index in [2.05, 4.69) is 10.3 Å². The van der Waals surface area contributed by atoms with E-state index in [0.29, 0.717) is 5.52 Å². The van der Waals surface area contributed by atoms with Crippen LogP contribution in [-0.2, 0) is 9.05 Å². The Morgan fingerprint density at radius 1 is 1.38 bits per heavy atom. The van der Waals surface area contributed by atoms with Crippen LogP contribution in [0.3, 0.4) is 0 Å². The molecule has 2 aromatic rings. The molecule has 0 N–H and O–H groups in total. The van der Waals surface area contributed by atoms with Crippen molar-refractivity contribution in [1.29, 1.82) is 0 Å². The highest BCUT2D eigenvalue weighted by Crippen LogP contribution is 2.16. The molecule has 0 radical (unpaired) electrons. The minimum absolute atomic E-state index is 0.213. The van der Waals surface area contributed by atoms with E-state index in [-0.39, 0.29) is 5.03 Å². The van der Waals surface area contributed by atoms with Crippen molar-refractivity contribution in [2.45, 2.75) is 5.03 Å². The molecule has 0 unspecified atom stereocenters. The highest BCUT2D eigenvalue weighted by atomic mass is 35.7. The van der Waals surface area contributed by atoms with Gasteiger partial charge >= 0.3 is 0 Å². The number of hydrogen-bond acceptors (Lipinski definition) is 4. The Labute approximate surface area is 78.4 Å². The summed E-state index contributed by atoms with van der Waals surface area (Å²) in [5, 5.41) is 6.83. The number of rotatable bonds is 1. The fraction of sp³-hybridized carbons (Fsp3) is 0. The minimum Gasteiger partial charge on any atom is -0.219 e. The standard InChI is InChI=1S/C6H4ClN3O2S/c7-13(11,12)6-5-3-1-2-4-10(5)9-8-6/h1-4H. The fourth-order valence-corrected chi connectivity index (χ4v) is 1.87. The topological polar surface area (TPSA) is 64.3 Å². The second-order valence-electron chi connectivity index (χ2n) is 2.36. The zero-order chi connectivity index (χ0) is 9.47. The van der Waals surface area contributed by atoms with Crippen molar-refractivity contribution in [2.24, 2.45) is 0 Å². The van der Waals surface area contributed by atoms with Crippen molar-refractivity contribution in [3.8, 4) is 0 Å². The number of hydrogen-bond donors (Lipinski definition) is 0. The average molecular weight is 218 g/mol. The molecule has 5 nitrogen and oxygen atoms in total. The first-order chi connectivity index (χ1) is 6.09. The smallest absolute Gasteiger partial charge is 0.219 e. The number of aromatic nitrogens is 3. The quantitative estimate of drug-likeness (QED) is 0.659. The first-order valence-electron chi connectivity index (χ1n) is 3.34. The van der Waals surface area contributed by atoms with Gasteiger partial charge in [-0.05, 0) is 12.1 Å². The first-order valence-corrected chi connectivity index (χ1v) is 5.65. The van der Waals surface area contributed by atoms with Crippen LogP contribution < -0.4 is 0 Å². The SMILES string of the molecule is O=S(=O)(Cl)c1nnn2ccccc12. The average Bonchev–Trinajstić information content (AvgIpc) is 2.45. The lowest BCUT2D eigenvalue weighted by molar-refractivity contribution is 0.606. The molecule has 0 aromatic carbocycles. The summed E-state index contributed by atoms with van der Waals surface area (Å²) >= 11 is 0. The van der Waals surface area contributed by atoms with Gasteiger partial charge in [0.15, 0.2) is 0 Å². The van der Waals surface area contributed by atoms with Crippen LogP contribution in [0, 0.1) is 0 Å². The van der Waals surface area contributed by atoms with E-state index < -0.39 is 9.05 Å². The number of halogens is 1. The van der Waals surface area contributed by atoms with Gasteiger partial charge < -0.3 is 0 Å². The molecule has 0 aliphatic carbocycles. The van der Waals surface area contributed by atoms with Crippen LogP contribution in [0.4, 0.5) is 0 Å². The lowest BCUT2D eigenvalue weighted by Gasteiger charge is -1.90. The molecule has 2 heterocycles. The predicted molar refractivity (Wildman–Crippen MR) is 46.0 cm³/mol. The van der Waals surface area contributed by atoms with E-state index in [1.807, 2.05) is 0 Å². The van der Waals surface area contributed by atoms with Crippen molar-refractivity contribution in [3.05, 3.63) is 24.4 Å². The Hall–Kier alpha value is -1.14. The fourth-order valence-electron chi connectivity index (χ4n) is 0.996. The van der Waals surface area contributed by atoms with Gasteiger partial charge in [-0.15, -0.1) is 5.10 Å². The van der Waals surface area contributed by atoms with Gasteiger partial charge in [-0.1, -0.05) is 11.3 Å². The molecule has 7 heteroatoms. The van der Waals surface area contributed by atoms with Gasteiger partial charge in [0.05, 0.1) is 0 Å². The Bertz CT molecular complexity index is 548. The zero-order valence-electron chi connectivity index (χ0n) is 6.25. The molecule has 68 valence electrons. The second-order valence-corrected chi connectivity index (χ2v) is 4.84. The molecule has 0 aliphatic rings. The van der Waals surface area contributed by atoms with E-state index in [9.17, 15) is 8.42 Å². The Kier molecular flexibility index (Phi) is 1.74. The molecule has 0 amide bonds. The van der Waals surface area contributed by atoms with Gasteiger partial charge in [-0.25, -0.2) is 12.9 Å². The maximum atomic E-state index is 11.0. The van der Waals surface area contributed by atoms with E-state index in [4.69, 9.17) is 10.7 Å². The summed E-state index contributed by atoms with van der Waals surface area (Å²) in [6.07, 6.45) is 1.59. The first kappa shape index (κ1) is 8.46. The summed E-state index contributed by atoms with van der Waals surface area (Å²) in [6, 6.07) is 4.98. The van der Waals surface area contributed by atoms with Gasteiger partial charge in [0, 0.05) is 16.9 Å². The van der Waals surface area contributed by atoms with Crippen LogP contribution in [-0.4, -0.2) is 23.2 Å². The second kappa shape index (κ2) is 2.68. The number of fused-ring (bicyclic) bond motifs is 1. The molecule has 0 spiro atoms. The van der Waals surface area contributed by atoms with Gasteiger partial charge in [0.1, 0.15) is 5.52 Å². The highest BCUT2D eigenvalue weighted by molar-refractivity contribution is 8.13. The molecular weight excluding hydrogens is 214 g/mol. The van der Waals surface area contributed by atoms with Gasteiger partial charge in [0.2, 0.25) is 5.03 Å². The van der Waals surface area contributed by atoms with Crippen molar-refractivity contribution < 1.29 is 8.42 Å². The van der Waals surface area contributed by atoms with Crippen LogP contribution in [0.15, 0.2) is 29.4 Å². The van der Waals surface area contributed by atoms with Crippen LogP contribution in [0.5, 0.6) is 0 Å². The lowest BCUT2D eigenvalue weighted by Crippen LogP contribution is -1.91. The van der Waals surface area contributed by atoms with E-state index >= 15 is 0 Å². The molecule has 2 rings (SSSR count). The van der Waals surface area contributed by atoms with Gasteiger partial charge in [0.25, 0.3) is 9.05 Å². The molecule has 0 aliphatic heterocycles. The van der Waals surface area contributed by atoms with Crippen molar-refractivity contribution in [2.75, 3.05) is 0 Å². The maximum absolute atomic E-state index is 11.0. The van der Waals surface area contributed by atoms with E-state index in [1.165, 1.54) is 4.52 Å². The van der Waals surface area contributed by atoms with Crippen molar-refractivity contribution in [3.63, 3.8) is 0 Å². The van der Waals surface area contributed by atoms with Crippen LogP contribution in [0.25, 0.3) is 5.52 Å². The van der Waals surface area contributed by atoms with Gasteiger partial charge in [-0.3, -0.25) is 0 Å². The molecule has 13 heavy (non-hydrogen) atoms. The summed E-state index contributed by atoms with van der Waals surface area (Å²) in [7, 11) is 1.33. The van der Waals surface area contributed by atoms with Crippen molar-refractivity contribution in [1.82, 2.24) is 14.8 Å². The molecule has 0 atom stereocenters. The third-order valence-corrected chi connectivity index (χ3v) is 2.71. The molecular formula is C6H4ClN3O2S. The highest BCUT2D eigenvalue weighted by Gasteiger charge is 2.18. The van der Waals surface area contributed by atoms with E-state index in [0.717, 1.165) is 0 Å². The minimum atomic E-state index is -3.81. The lowest BCUT2D eigenvalue weighted by atomic mass is 10.4. The van der Waals surface area contributed by atoms with Crippen LogP contribution >= 0.6 is 10.7 Å². The van der Waals surface area contributed by atoms with Crippen LogP contribution in [0.2, 0.25) is 0 Å². The molecule has 0 saturated carbocycles. The summed E-state index contributed by atoms with van der Waals surface area (Å²) in [5.74, 6) is 0. The Balaban J connectivity index is 2.87. The van der Waals surface area contributed by atoms with Crippen molar-refractivity contribution >= 4 is 25.2 Å². The summed E-state index contributed by atoms with van der Waals surface area (Å²) in [5.41, 5.74) is 0.373. The molecule has 0 saturated heterocycles. The van der Waals surface area contributed by atoms with E-state index in [1.54, 1.807) is 24.4 Å². The number of nitrogens with zero attached hydrogens (tertiary/aromatic N) is 3. The number of pyridine rings is 1. The Morgan fingerprint density at radius 2 is 2.15 bits per heavy atom. The molecule has 0 fully saturated rings. The largest absolute Gasteiger partial charge is 0.282 e. The summed E-state index contributed by atoms with van der Waals surface area (Å²) < 4.78 is 23.3. The normalized spacial score (nSPS) is 12.1. The summed E-state index contributed by atoms with van der Waals surface area (Å²) in [6.45, 7) is 0. The Morgan fingerprint density at radius 3 is 2.85 bits per heavy atom. The third kappa shape index (κ3) is 1.38. The zero-order valence-corrected chi connectivity index (χ0v) is 7.83. The predicted octanol–water partition coefficient (Wildman–Crippen LogP) is 0.657. The third-order valence-electron chi connectivity index (χ3n) is 1.52. The van der Waals surface area contributed by atoms with Crippen LogP contribution in [0.1, 0.15) is 0 Å². The maximum Gasteiger partial charge on any atom is 0.282 e. The summed E-state index contributed by atoms with van der Waals surface area (Å²) in [4.78, 5) is 0. The van der Waals surface area contributed by atoms with Gasteiger partial charge in [-0.2, -0.15) is 0 Å². The molecule has 0 bridgehead atoms. The monoisotopic (exact) mass is 217 g/mol. The molecule has 2 aromatic heterocycles.